The number of methoxy groups -OCH3 is 1. The van der Waals surface area contributed by atoms with Gasteiger partial charge >= 0.3 is 5.97 Å². The summed E-state index contributed by atoms with van der Waals surface area (Å²) < 4.78 is 4.94. The van der Waals surface area contributed by atoms with Gasteiger partial charge in [-0.15, -0.1) is 0 Å². The number of thioether (sulfide) groups is 1. The van der Waals surface area contributed by atoms with Crippen LogP contribution in [0.1, 0.15) is 10.4 Å². The number of aromatic carboxylic acids is 1. The van der Waals surface area contributed by atoms with E-state index in [0.717, 1.165) is 0 Å². The van der Waals surface area contributed by atoms with Gasteiger partial charge < -0.3 is 9.84 Å². The first-order valence-electron chi connectivity index (χ1n) is 4.81. The van der Waals surface area contributed by atoms with Crippen molar-refractivity contribution in [3.8, 4) is 11.9 Å². The van der Waals surface area contributed by atoms with Gasteiger partial charge in [0.25, 0.3) is 0 Å². The van der Waals surface area contributed by atoms with E-state index in [-0.39, 0.29) is 11.3 Å². The Morgan fingerprint density at radius 1 is 1.61 bits per heavy atom. The van der Waals surface area contributed by atoms with Crippen LogP contribution in [0.25, 0.3) is 0 Å². The molecule has 2 N–H and O–H groups in total. The van der Waals surface area contributed by atoms with Crippen LogP contribution in [0.2, 0.25) is 0 Å². The van der Waals surface area contributed by atoms with Crippen molar-refractivity contribution >= 4 is 28.6 Å². The highest BCUT2D eigenvalue weighted by atomic mass is 32.2. The van der Waals surface area contributed by atoms with Crippen molar-refractivity contribution in [1.82, 2.24) is 5.32 Å². The number of benzene rings is 1. The molecular weight excluding hydrogens is 254 g/mol. The fraction of sp³-hybridized carbons (Fsp3) is 0.182. The lowest BCUT2D eigenvalue weighted by atomic mass is 10.2. The Hall–Kier alpha value is -2.20. The van der Waals surface area contributed by atoms with Gasteiger partial charge in [-0.1, -0.05) is 11.8 Å². The van der Waals surface area contributed by atoms with Crippen molar-refractivity contribution < 1.29 is 14.6 Å². The number of hydrogen-bond donors (Lipinski definition) is 2. The van der Waals surface area contributed by atoms with Crippen LogP contribution in [0.15, 0.2) is 23.2 Å². The van der Waals surface area contributed by atoms with Crippen molar-refractivity contribution in [2.24, 2.45) is 4.99 Å². The lowest BCUT2D eigenvalue weighted by molar-refractivity contribution is 0.0693. The zero-order valence-electron chi connectivity index (χ0n) is 9.80. The quantitative estimate of drug-likeness (QED) is 0.374. The molecule has 0 bridgehead atoms. The number of nitrogens with zero attached hydrogens (tertiary/aromatic N) is 2. The third-order valence-electron chi connectivity index (χ3n) is 2.00. The van der Waals surface area contributed by atoms with Crippen molar-refractivity contribution in [2.45, 2.75) is 0 Å². The molecular formula is C11H11N3O3S. The first-order valence-corrected chi connectivity index (χ1v) is 6.04. The summed E-state index contributed by atoms with van der Waals surface area (Å²) in [6, 6.07) is 4.52. The van der Waals surface area contributed by atoms with Crippen LogP contribution < -0.4 is 10.1 Å². The predicted octanol–water partition coefficient (Wildman–Crippen LogP) is 1.81. The van der Waals surface area contributed by atoms with Crippen LogP contribution in [0.3, 0.4) is 0 Å². The first-order chi connectivity index (χ1) is 8.62. The van der Waals surface area contributed by atoms with Crippen LogP contribution >= 0.6 is 11.8 Å². The molecule has 0 aliphatic carbocycles. The van der Waals surface area contributed by atoms with Gasteiger partial charge in [-0.2, -0.15) is 5.26 Å². The highest BCUT2D eigenvalue weighted by Crippen LogP contribution is 2.24. The van der Waals surface area contributed by atoms with E-state index in [2.05, 4.69) is 10.3 Å². The van der Waals surface area contributed by atoms with Crippen LogP contribution in [0, 0.1) is 11.5 Å². The highest BCUT2D eigenvalue weighted by molar-refractivity contribution is 8.13. The Balaban J connectivity index is 3.16. The monoisotopic (exact) mass is 265 g/mol. The lowest BCUT2D eigenvalue weighted by Crippen LogP contribution is -2.12. The van der Waals surface area contributed by atoms with E-state index >= 15 is 0 Å². The summed E-state index contributed by atoms with van der Waals surface area (Å²) in [5, 5.41) is 20.3. The van der Waals surface area contributed by atoms with Crippen molar-refractivity contribution in [1.29, 1.82) is 5.26 Å². The predicted molar refractivity (Wildman–Crippen MR) is 69.3 cm³/mol. The number of hydrogen-bond acceptors (Lipinski definition) is 5. The van der Waals surface area contributed by atoms with Crippen LogP contribution in [0.4, 0.5) is 5.69 Å². The van der Waals surface area contributed by atoms with E-state index < -0.39 is 5.97 Å². The molecule has 18 heavy (non-hydrogen) atoms. The maximum absolute atomic E-state index is 11.0. The summed E-state index contributed by atoms with van der Waals surface area (Å²) in [6.45, 7) is 0. The summed E-state index contributed by atoms with van der Waals surface area (Å²) in [5.41, 5.74) is 0.455. The maximum Gasteiger partial charge on any atom is 0.339 e. The third-order valence-corrected chi connectivity index (χ3v) is 2.58. The fourth-order valence-electron chi connectivity index (χ4n) is 1.22. The standard InChI is InChI=1S/C11H11N3O3S/c1-17-9-4-3-7(5-8(9)10(15)16)14-11(18-2)13-6-12/h3-5H,1-2H3,(H,13,14)(H,15,16). The zero-order chi connectivity index (χ0) is 13.5. The number of nitrogens with one attached hydrogen (secondary N) is 1. The van der Waals surface area contributed by atoms with Gasteiger partial charge in [-0.25, -0.2) is 9.79 Å². The van der Waals surface area contributed by atoms with Gasteiger partial charge in [-0.3, -0.25) is 5.32 Å². The number of carbonyl (C=O) groups is 1. The van der Waals surface area contributed by atoms with Crippen molar-refractivity contribution in [3.05, 3.63) is 23.8 Å². The number of aliphatic imine (C=N–C) groups is 1. The SMILES string of the molecule is COc1ccc(N=C(NC#N)SC)cc1C(=O)O. The topological polar surface area (TPSA) is 94.7 Å². The third kappa shape index (κ3) is 3.40. The maximum atomic E-state index is 11.0. The summed E-state index contributed by atoms with van der Waals surface area (Å²) in [4.78, 5) is 15.1. The molecule has 1 aromatic carbocycles. The van der Waals surface area contributed by atoms with E-state index in [1.54, 1.807) is 18.5 Å². The minimum absolute atomic E-state index is 0.0242. The van der Waals surface area contributed by atoms with Gasteiger partial charge in [0.1, 0.15) is 11.3 Å². The number of carboxylic acid groups (broad SMARTS) is 1. The van der Waals surface area contributed by atoms with Crippen LogP contribution in [0.5, 0.6) is 5.75 Å². The highest BCUT2D eigenvalue weighted by Gasteiger charge is 2.11. The van der Waals surface area contributed by atoms with Crippen LogP contribution in [-0.2, 0) is 0 Å². The van der Waals surface area contributed by atoms with Gasteiger partial charge in [0.05, 0.1) is 12.8 Å². The van der Waals surface area contributed by atoms with Gasteiger partial charge in [-0.05, 0) is 24.5 Å². The van der Waals surface area contributed by atoms with E-state index in [1.807, 2.05) is 0 Å². The minimum Gasteiger partial charge on any atom is -0.496 e. The number of ether oxygens (including phenoxy) is 1. The molecule has 0 fully saturated rings. The molecule has 0 radical (unpaired) electrons. The molecule has 1 rings (SSSR count). The molecule has 0 aromatic heterocycles. The molecule has 0 saturated heterocycles. The van der Waals surface area contributed by atoms with Gasteiger partial charge in [0.2, 0.25) is 0 Å². The molecule has 0 heterocycles. The van der Waals surface area contributed by atoms with E-state index in [0.29, 0.717) is 10.9 Å². The molecule has 6 nitrogen and oxygen atoms in total. The molecule has 7 heteroatoms. The Morgan fingerprint density at radius 3 is 2.83 bits per heavy atom. The molecule has 0 aliphatic rings. The van der Waals surface area contributed by atoms with Crippen LogP contribution in [-0.4, -0.2) is 29.6 Å². The smallest absolute Gasteiger partial charge is 0.339 e. The number of amidine groups is 1. The molecule has 0 aliphatic heterocycles. The summed E-state index contributed by atoms with van der Waals surface area (Å²) in [6.07, 6.45) is 3.51. The summed E-state index contributed by atoms with van der Waals surface area (Å²) in [5.74, 6) is -0.830. The van der Waals surface area contributed by atoms with E-state index in [4.69, 9.17) is 15.1 Å². The normalized spacial score (nSPS) is 10.6. The average molecular weight is 265 g/mol. The number of rotatable bonds is 3. The van der Waals surface area contributed by atoms with Gasteiger partial charge in [0, 0.05) is 0 Å². The molecule has 0 unspecified atom stereocenters. The fourth-order valence-corrected chi connectivity index (χ4v) is 1.57. The second-order valence-electron chi connectivity index (χ2n) is 3.05. The summed E-state index contributed by atoms with van der Waals surface area (Å²) >= 11 is 1.25. The summed E-state index contributed by atoms with van der Waals surface area (Å²) in [7, 11) is 1.40. The molecule has 94 valence electrons. The molecule has 0 saturated carbocycles. The Morgan fingerprint density at radius 2 is 2.33 bits per heavy atom. The van der Waals surface area contributed by atoms with E-state index in [1.165, 1.54) is 31.0 Å². The number of nitriles is 1. The van der Waals surface area contributed by atoms with Crippen molar-refractivity contribution in [2.75, 3.05) is 13.4 Å². The first kappa shape index (κ1) is 13.9. The minimum atomic E-state index is -1.09. The Kier molecular flexibility index (Phi) is 5.02. The molecule has 1 aromatic rings. The molecule has 0 spiro atoms. The average Bonchev–Trinajstić information content (AvgIpc) is 2.38. The largest absolute Gasteiger partial charge is 0.496 e. The van der Waals surface area contributed by atoms with Crippen molar-refractivity contribution in [3.63, 3.8) is 0 Å². The second kappa shape index (κ2) is 6.51. The Labute approximate surface area is 108 Å². The van der Waals surface area contributed by atoms with E-state index in [9.17, 15) is 4.79 Å². The zero-order valence-corrected chi connectivity index (χ0v) is 10.6. The lowest BCUT2D eigenvalue weighted by Gasteiger charge is -2.06. The van der Waals surface area contributed by atoms with Gasteiger partial charge in [0.15, 0.2) is 11.4 Å². The molecule has 0 atom stereocenters. The molecule has 0 amide bonds. The Bertz CT molecular complexity index is 523. The number of carboxylic acids is 1. The second-order valence-corrected chi connectivity index (χ2v) is 3.84.